The van der Waals surface area contributed by atoms with Gasteiger partial charge in [0.05, 0.1) is 20.8 Å². The van der Waals surface area contributed by atoms with Crippen molar-refractivity contribution < 1.29 is 19.0 Å². The molecule has 7 heteroatoms. The Labute approximate surface area is 227 Å². The van der Waals surface area contributed by atoms with Gasteiger partial charge in [0, 0.05) is 13.0 Å². The maximum absolute atomic E-state index is 14.0. The van der Waals surface area contributed by atoms with E-state index in [-0.39, 0.29) is 23.7 Å². The van der Waals surface area contributed by atoms with Gasteiger partial charge in [-0.15, -0.1) is 5.10 Å². The van der Waals surface area contributed by atoms with E-state index in [0.29, 0.717) is 28.3 Å². The van der Waals surface area contributed by atoms with E-state index >= 15 is 0 Å². The highest BCUT2D eigenvalue weighted by atomic mass is 16.5. The van der Waals surface area contributed by atoms with Crippen LogP contribution in [0.15, 0.2) is 12.1 Å². The van der Waals surface area contributed by atoms with Crippen molar-refractivity contribution in [1.29, 1.82) is 0 Å². The van der Waals surface area contributed by atoms with Gasteiger partial charge < -0.3 is 14.2 Å². The number of benzene rings is 1. The van der Waals surface area contributed by atoms with E-state index in [9.17, 15) is 4.79 Å². The molecule has 4 aliphatic rings. The molecule has 1 heterocycles. The maximum atomic E-state index is 14.0. The molecular weight excluding hydrogens is 478 g/mol. The normalized spacial score (nSPS) is 38.3. The van der Waals surface area contributed by atoms with E-state index in [1.165, 1.54) is 44.9 Å². The first-order valence-electron chi connectivity index (χ1n) is 14.8. The highest BCUT2D eigenvalue weighted by Crippen LogP contribution is 2.68. The molecule has 4 aliphatic carbocycles. The van der Waals surface area contributed by atoms with Gasteiger partial charge in [0.25, 0.3) is 0 Å². The molecule has 4 fully saturated rings. The summed E-state index contributed by atoms with van der Waals surface area (Å²) < 4.78 is 18.8. The summed E-state index contributed by atoms with van der Waals surface area (Å²) in [4.78, 5) is 14.0. The number of ether oxygens (including phenoxy) is 3. The topological polar surface area (TPSA) is 75.5 Å². The molecule has 0 saturated heterocycles. The lowest BCUT2D eigenvalue weighted by Crippen LogP contribution is -2.56. The van der Waals surface area contributed by atoms with Crippen molar-refractivity contribution in [2.75, 3.05) is 27.9 Å². The minimum absolute atomic E-state index is 0.0689. The van der Waals surface area contributed by atoms with E-state index < -0.39 is 0 Å². The van der Waals surface area contributed by atoms with E-state index in [2.05, 4.69) is 24.2 Å². The molecule has 208 valence electrons. The molecule has 0 N–H and O–H groups in total. The third-order valence-corrected chi connectivity index (χ3v) is 11.8. The Morgan fingerprint density at radius 1 is 1.03 bits per heavy atom. The molecule has 0 radical (unpaired) electrons. The third kappa shape index (κ3) is 3.82. The molecule has 1 aromatic heterocycles. The molecule has 4 saturated carbocycles. The first-order chi connectivity index (χ1) is 18.4. The standard InChI is InChI=1S/C31H45N3O4/c1-19-12-15-31(18-36-3)20(16-19)6-7-21-22-8-9-24(30(22,2)14-13-23(21)31)26(35)17-34-28-25(32-33-34)10-11-27(37-4)29(28)38-5/h10-11,19-24H,6-9,12-18H2,1-5H3. The fourth-order valence-corrected chi connectivity index (χ4v) is 10.1. The summed E-state index contributed by atoms with van der Waals surface area (Å²) in [6.45, 7) is 6.03. The van der Waals surface area contributed by atoms with Crippen molar-refractivity contribution in [3.63, 3.8) is 0 Å². The summed E-state index contributed by atoms with van der Waals surface area (Å²) in [7, 11) is 5.15. The number of rotatable bonds is 7. The highest BCUT2D eigenvalue weighted by molar-refractivity contribution is 5.87. The van der Waals surface area contributed by atoms with Crippen LogP contribution in [0.5, 0.6) is 11.5 Å². The largest absolute Gasteiger partial charge is 0.493 e. The number of hydrogen-bond acceptors (Lipinski definition) is 6. The molecule has 8 atom stereocenters. The number of Topliss-reactive ketones (excluding diaryl/α,β-unsaturated/α-hetero) is 1. The Hall–Kier alpha value is -2.15. The van der Waals surface area contributed by atoms with Crippen LogP contribution in [0.25, 0.3) is 11.0 Å². The van der Waals surface area contributed by atoms with Gasteiger partial charge >= 0.3 is 0 Å². The third-order valence-electron chi connectivity index (χ3n) is 11.8. The zero-order valence-corrected chi connectivity index (χ0v) is 23.9. The molecule has 7 nitrogen and oxygen atoms in total. The van der Waals surface area contributed by atoms with Crippen molar-refractivity contribution >= 4 is 16.8 Å². The second-order valence-corrected chi connectivity index (χ2v) is 13.3. The zero-order valence-electron chi connectivity index (χ0n) is 23.9. The molecule has 0 bridgehead atoms. The van der Waals surface area contributed by atoms with Gasteiger partial charge in [-0.1, -0.05) is 25.5 Å². The van der Waals surface area contributed by atoms with Crippen molar-refractivity contribution in [1.82, 2.24) is 15.0 Å². The average molecular weight is 524 g/mol. The number of ketones is 1. The average Bonchev–Trinajstić information content (AvgIpc) is 3.49. The monoisotopic (exact) mass is 523 g/mol. The Morgan fingerprint density at radius 2 is 1.87 bits per heavy atom. The minimum atomic E-state index is 0.0689. The fraction of sp³-hybridized carbons (Fsp3) is 0.774. The summed E-state index contributed by atoms with van der Waals surface area (Å²) in [5.74, 6) is 5.33. The molecule has 1 aromatic carbocycles. The summed E-state index contributed by atoms with van der Waals surface area (Å²) in [5.41, 5.74) is 1.87. The summed E-state index contributed by atoms with van der Waals surface area (Å²) in [5, 5.41) is 8.68. The molecular formula is C31H45N3O4. The van der Waals surface area contributed by atoms with Gasteiger partial charge in [-0.05, 0) is 104 Å². The van der Waals surface area contributed by atoms with Crippen LogP contribution < -0.4 is 9.47 Å². The number of fused-ring (bicyclic) bond motifs is 6. The van der Waals surface area contributed by atoms with Crippen molar-refractivity contribution in [2.45, 2.75) is 78.2 Å². The lowest BCUT2D eigenvalue weighted by molar-refractivity contribution is -0.154. The molecule has 0 spiro atoms. The second kappa shape index (κ2) is 9.79. The van der Waals surface area contributed by atoms with E-state index in [4.69, 9.17) is 14.2 Å². The predicted octanol–water partition coefficient (Wildman–Crippen LogP) is 5.94. The second-order valence-electron chi connectivity index (χ2n) is 13.3. The fourth-order valence-electron chi connectivity index (χ4n) is 10.1. The molecule has 0 aliphatic heterocycles. The Morgan fingerprint density at radius 3 is 2.63 bits per heavy atom. The van der Waals surface area contributed by atoms with Crippen LogP contribution in [0.4, 0.5) is 0 Å². The van der Waals surface area contributed by atoms with Gasteiger partial charge in [0.1, 0.15) is 17.6 Å². The van der Waals surface area contributed by atoms with Crippen LogP contribution in [0.2, 0.25) is 0 Å². The van der Waals surface area contributed by atoms with Crippen LogP contribution in [-0.4, -0.2) is 48.7 Å². The number of aromatic nitrogens is 3. The van der Waals surface area contributed by atoms with Crippen molar-refractivity contribution in [3.05, 3.63) is 12.1 Å². The highest BCUT2D eigenvalue weighted by Gasteiger charge is 2.62. The molecule has 38 heavy (non-hydrogen) atoms. The van der Waals surface area contributed by atoms with Crippen LogP contribution in [0, 0.1) is 46.3 Å². The zero-order chi connectivity index (χ0) is 26.7. The first kappa shape index (κ1) is 26.1. The van der Waals surface area contributed by atoms with Gasteiger partial charge in [0.2, 0.25) is 0 Å². The SMILES string of the molecule is COCC12CCC(C)CC1CCC1C3CCC(C(=O)Cn4nnc5ccc(OC)c(OC)c54)C3(C)CCC12. The predicted molar refractivity (Wildman–Crippen MR) is 146 cm³/mol. The molecule has 6 rings (SSSR count). The number of nitrogens with zero attached hydrogens (tertiary/aromatic N) is 3. The minimum Gasteiger partial charge on any atom is -0.493 e. The van der Waals surface area contributed by atoms with Crippen molar-refractivity contribution in [3.8, 4) is 11.5 Å². The molecule has 8 unspecified atom stereocenters. The lowest BCUT2D eigenvalue weighted by atomic mass is 9.44. The lowest BCUT2D eigenvalue weighted by Gasteiger charge is -2.61. The summed E-state index contributed by atoms with van der Waals surface area (Å²) >= 11 is 0. The van der Waals surface area contributed by atoms with E-state index in [0.717, 1.165) is 48.6 Å². The summed E-state index contributed by atoms with van der Waals surface area (Å²) in [6.07, 6.45) is 11.3. The van der Waals surface area contributed by atoms with Gasteiger partial charge in [-0.2, -0.15) is 0 Å². The Bertz CT molecular complexity index is 1200. The van der Waals surface area contributed by atoms with Gasteiger partial charge in [-0.25, -0.2) is 4.68 Å². The van der Waals surface area contributed by atoms with Crippen LogP contribution in [0.1, 0.15) is 71.6 Å². The van der Waals surface area contributed by atoms with Gasteiger partial charge in [-0.3, -0.25) is 4.79 Å². The first-order valence-corrected chi connectivity index (χ1v) is 14.8. The van der Waals surface area contributed by atoms with E-state index in [1.807, 2.05) is 19.2 Å². The summed E-state index contributed by atoms with van der Waals surface area (Å²) in [6, 6.07) is 3.71. The number of methoxy groups -OCH3 is 3. The Balaban J connectivity index is 1.25. The van der Waals surface area contributed by atoms with Crippen LogP contribution >= 0.6 is 0 Å². The quantitative estimate of drug-likeness (QED) is 0.447. The maximum Gasteiger partial charge on any atom is 0.188 e. The molecule has 0 amide bonds. The number of carbonyl (C=O) groups excluding carboxylic acids is 1. The van der Waals surface area contributed by atoms with E-state index in [1.54, 1.807) is 18.9 Å². The van der Waals surface area contributed by atoms with Crippen molar-refractivity contribution in [2.24, 2.45) is 46.3 Å². The molecule has 2 aromatic rings. The van der Waals surface area contributed by atoms with Crippen LogP contribution in [0.3, 0.4) is 0 Å². The number of hydrogen-bond donors (Lipinski definition) is 0. The Kier molecular flexibility index (Phi) is 6.73. The number of carbonyl (C=O) groups is 1. The van der Waals surface area contributed by atoms with Crippen LogP contribution in [-0.2, 0) is 16.1 Å². The smallest absolute Gasteiger partial charge is 0.188 e. The van der Waals surface area contributed by atoms with Gasteiger partial charge in [0.15, 0.2) is 17.3 Å².